The van der Waals surface area contributed by atoms with Gasteiger partial charge in [0.25, 0.3) is 0 Å². The summed E-state index contributed by atoms with van der Waals surface area (Å²) < 4.78 is 53.0. The summed E-state index contributed by atoms with van der Waals surface area (Å²) in [6, 6.07) is 20.7. The van der Waals surface area contributed by atoms with E-state index in [1.807, 2.05) is 54.6 Å². The van der Waals surface area contributed by atoms with Crippen molar-refractivity contribution in [2.45, 2.75) is 50.5 Å². The summed E-state index contributed by atoms with van der Waals surface area (Å²) in [6.45, 7) is 0.670. The molecule has 1 heterocycles. The van der Waals surface area contributed by atoms with E-state index in [1.165, 1.54) is 12.4 Å². The third-order valence-electron chi connectivity index (χ3n) is 6.99. The smallest absolute Gasteiger partial charge is 0.395 e. The van der Waals surface area contributed by atoms with Gasteiger partial charge in [0.1, 0.15) is 12.4 Å². The first-order chi connectivity index (χ1) is 17.8. The van der Waals surface area contributed by atoms with Gasteiger partial charge in [0.05, 0.1) is 11.5 Å². The number of alkyl halides is 3. The highest BCUT2D eigenvalue weighted by molar-refractivity contribution is 5.77. The quantitative estimate of drug-likeness (QED) is 0.331. The molecule has 2 atom stereocenters. The Morgan fingerprint density at radius 2 is 1.76 bits per heavy atom. The largest absolute Gasteiger partial charge is 0.489 e. The molecule has 1 aliphatic carbocycles. The van der Waals surface area contributed by atoms with Gasteiger partial charge in [-0.25, -0.2) is 0 Å². The first-order valence-electron chi connectivity index (χ1n) is 12.3. The summed E-state index contributed by atoms with van der Waals surface area (Å²) in [5, 5.41) is 2.78. The minimum atomic E-state index is -4.38. The maximum Gasteiger partial charge on any atom is 0.395 e. The highest BCUT2D eigenvalue weighted by atomic mass is 19.4. The molecule has 0 spiro atoms. The van der Waals surface area contributed by atoms with Crippen LogP contribution in [0.4, 0.5) is 13.2 Å². The van der Waals surface area contributed by atoms with Crippen molar-refractivity contribution in [2.75, 3.05) is 13.7 Å². The lowest BCUT2D eigenvalue weighted by atomic mass is 9.80. The van der Waals surface area contributed by atoms with Gasteiger partial charge in [-0.1, -0.05) is 48.5 Å². The monoisotopic (exact) mass is 512 g/mol. The van der Waals surface area contributed by atoms with E-state index in [2.05, 4.69) is 10.3 Å². The molecule has 1 amide bonds. The van der Waals surface area contributed by atoms with Crippen molar-refractivity contribution in [1.82, 2.24) is 10.3 Å². The van der Waals surface area contributed by atoms with Crippen LogP contribution < -0.4 is 10.1 Å². The van der Waals surface area contributed by atoms with Crippen LogP contribution in [0.5, 0.6) is 5.75 Å². The number of pyridine rings is 1. The van der Waals surface area contributed by atoms with E-state index in [0.29, 0.717) is 18.6 Å². The Morgan fingerprint density at radius 1 is 1.03 bits per heavy atom. The molecule has 1 aliphatic rings. The first kappa shape index (κ1) is 26.7. The molecular weight excluding hydrogens is 481 g/mol. The van der Waals surface area contributed by atoms with Gasteiger partial charge in [-0.15, -0.1) is 0 Å². The lowest BCUT2D eigenvalue weighted by Crippen LogP contribution is -2.38. The molecular formula is C29H31F3N2O3. The molecule has 5 nitrogen and oxygen atoms in total. The van der Waals surface area contributed by atoms with E-state index in [-0.39, 0.29) is 31.9 Å². The normalized spacial score (nSPS) is 16.0. The second-order valence-electron chi connectivity index (χ2n) is 9.48. The van der Waals surface area contributed by atoms with E-state index in [4.69, 9.17) is 9.47 Å². The SMILES string of the molecule is CO[C@H](CNC(=O)C[C@H](c1cccnc1)C1(C(F)(F)F)CC1)Cc1ccc(OCc2ccccc2)cc1. The number of aromatic nitrogens is 1. The van der Waals surface area contributed by atoms with E-state index in [0.717, 1.165) is 16.9 Å². The van der Waals surface area contributed by atoms with Crippen molar-refractivity contribution in [3.05, 3.63) is 95.8 Å². The third kappa shape index (κ3) is 6.89. The van der Waals surface area contributed by atoms with Crippen LogP contribution in [0.25, 0.3) is 0 Å². The number of carbonyl (C=O) groups excluding carboxylic acids is 1. The molecule has 0 unspecified atom stereocenters. The molecule has 37 heavy (non-hydrogen) atoms. The highest BCUT2D eigenvalue weighted by Gasteiger charge is 2.67. The second kappa shape index (κ2) is 11.8. The van der Waals surface area contributed by atoms with Crippen LogP contribution in [0.15, 0.2) is 79.1 Å². The minimum absolute atomic E-state index is 0.0229. The molecule has 196 valence electrons. The molecule has 0 aliphatic heterocycles. The standard InChI is InChI=1S/C29H31F3N2O3/c1-36-25(16-21-9-11-24(12-10-21)37-20-22-6-3-2-4-7-22)19-34-27(35)17-26(23-8-5-15-33-18-23)28(13-14-28)29(30,31)32/h2-12,15,18,25-26H,13-14,16-17,19-20H2,1H3,(H,34,35)/t25-,26+/m0/s1. The Morgan fingerprint density at radius 3 is 2.35 bits per heavy atom. The number of nitrogens with zero attached hydrogens (tertiary/aromatic N) is 1. The molecule has 3 aromatic rings. The van der Waals surface area contributed by atoms with Gasteiger partial charge in [0, 0.05) is 44.8 Å². The second-order valence-corrected chi connectivity index (χ2v) is 9.48. The molecule has 1 aromatic heterocycles. The summed E-state index contributed by atoms with van der Waals surface area (Å²) >= 11 is 0. The molecule has 1 saturated carbocycles. The maximum absolute atomic E-state index is 13.9. The van der Waals surface area contributed by atoms with Gasteiger partial charge >= 0.3 is 6.18 Å². The lowest BCUT2D eigenvalue weighted by molar-refractivity contribution is -0.194. The number of benzene rings is 2. The number of halogens is 3. The topological polar surface area (TPSA) is 60.5 Å². The Kier molecular flexibility index (Phi) is 8.48. The van der Waals surface area contributed by atoms with Crippen molar-refractivity contribution in [3.63, 3.8) is 0 Å². The molecule has 2 aromatic carbocycles. The van der Waals surface area contributed by atoms with Gasteiger partial charge < -0.3 is 14.8 Å². The lowest BCUT2D eigenvalue weighted by Gasteiger charge is -2.29. The van der Waals surface area contributed by atoms with Crippen LogP contribution >= 0.6 is 0 Å². The average molecular weight is 513 g/mol. The molecule has 1 fully saturated rings. The van der Waals surface area contributed by atoms with Gasteiger partial charge in [0.2, 0.25) is 5.91 Å². The number of methoxy groups -OCH3 is 1. The number of nitrogens with one attached hydrogen (secondary N) is 1. The summed E-state index contributed by atoms with van der Waals surface area (Å²) in [6.07, 6.45) is -1.43. The summed E-state index contributed by atoms with van der Waals surface area (Å²) in [5.74, 6) is -0.656. The zero-order valence-electron chi connectivity index (χ0n) is 20.7. The number of carbonyl (C=O) groups is 1. The van der Waals surface area contributed by atoms with Gasteiger partial charge in [-0.05, 0) is 47.7 Å². The fraction of sp³-hybridized carbons (Fsp3) is 0.379. The number of rotatable bonds is 12. The van der Waals surface area contributed by atoms with E-state index in [9.17, 15) is 18.0 Å². The number of hydrogen-bond donors (Lipinski definition) is 1. The van der Waals surface area contributed by atoms with Gasteiger partial charge in [-0.3, -0.25) is 9.78 Å². The van der Waals surface area contributed by atoms with Crippen LogP contribution in [0, 0.1) is 5.41 Å². The van der Waals surface area contributed by atoms with Crippen LogP contribution in [0.1, 0.15) is 41.9 Å². The predicted octanol–water partition coefficient (Wildman–Crippen LogP) is 5.85. The van der Waals surface area contributed by atoms with Crippen molar-refractivity contribution in [2.24, 2.45) is 5.41 Å². The maximum atomic E-state index is 13.9. The van der Waals surface area contributed by atoms with Crippen molar-refractivity contribution in [1.29, 1.82) is 0 Å². The van der Waals surface area contributed by atoms with Gasteiger partial charge in [-0.2, -0.15) is 13.2 Å². The fourth-order valence-electron chi connectivity index (χ4n) is 4.63. The average Bonchev–Trinajstić information content (AvgIpc) is 3.72. The van der Waals surface area contributed by atoms with Crippen LogP contribution in [0.3, 0.4) is 0 Å². The summed E-state index contributed by atoms with van der Waals surface area (Å²) in [5.41, 5.74) is 0.648. The molecule has 0 saturated heterocycles. The van der Waals surface area contributed by atoms with Crippen LogP contribution in [-0.2, 0) is 22.6 Å². The van der Waals surface area contributed by atoms with Crippen molar-refractivity contribution >= 4 is 5.91 Å². The molecule has 8 heteroatoms. The number of ether oxygens (including phenoxy) is 2. The van der Waals surface area contributed by atoms with Crippen LogP contribution in [-0.4, -0.2) is 36.8 Å². The summed E-state index contributed by atoms with van der Waals surface area (Å²) in [7, 11) is 1.55. The van der Waals surface area contributed by atoms with Crippen molar-refractivity contribution < 1.29 is 27.4 Å². The Labute approximate surface area is 215 Å². The molecule has 0 bridgehead atoms. The first-order valence-corrected chi connectivity index (χ1v) is 12.3. The number of hydrogen-bond acceptors (Lipinski definition) is 4. The van der Waals surface area contributed by atoms with E-state index in [1.54, 1.807) is 19.2 Å². The van der Waals surface area contributed by atoms with Crippen LogP contribution in [0.2, 0.25) is 0 Å². The zero-order chi connectivity index (χ0) is 26.3. The Bertz CT molecular complexity index is 1130. The molecule has 0 radical (unpaired) electrons. The Hall–Kier alpha value is -3.39. The predicted molar refractivity (Wildman–Crippen MR) is 134 cm³/mol. The molecule has 4 rings (SSSR count). The molecule has 1 N–H and O–H groups in total. The summed E-state index contributed by atoms with van der Waals surface area (Å²) in [4.78, 5) is 16.7. The van der Waals surface area contributed by atoms with E-state index < -0.39 is 23.4 Å². The van der Waals surface area contributed by atoms with Gasteiger partial charge in [0.15, 0.2) is 0 Å². The third-order valence-corrected chi connectivity index (χ3v) is 6.99. The highest BCUT2D eigenvalue weighted by Crippen LogP contribution is 2.66. The van der Waals surface area contributed by atoms with Crippen molar-refractivity contribution in [3.8, 4) is 5.75 Å². The number of amides is 1. The zero-order valence-corrected chi connectivity index (χ0v) is 20.7. The van der Waals surface area contributed by atoms with E-state index >= 15 is 0 Å². The minimum Gasteiger partial charge on any atom is -0.489 e. The fourth-order valence-corrected chi connectivity index (χ4v) is 4.63. The Balaban J connectivity index is 1.30.